The highest BCUT2D eigenvalue weighted by atomic mass is 19.1. The van der Waals surface area contributed by atoms with Crippen LogP contribution in [0.15, 0.2) is 30.3 Å². The van der Waals surface area contributed by atoms with Crippen LogP contribution in [0.4, 0.5) is 10.2 Å². The van der Waals surface area contributed by atoms with E-state index in [0.717, 1.165) is 5.69 Å². The van der Waals surface area contributed by atoms with Crippen LogP contribution in [0, 0.1) is 12.7 Å². The van der Waals surface area contributed by atoms with E-state index in [4.69, 9.17) is 4.74 Å². The van der Waals surface area contributed by atoms with Crippen LogP contribution in [0.25, 0.3) is 0 Å². The smallest absolute Gasteiger partial charge is 0.257 e. The zero-order valence-corrected chi connectivity index (χ0v) is 14.2. The summed E-state index contributed by atoms with van der Waals surface area (Å²) in [5.74, 6) is -0.490. The molecule has 2 aromatic rings. The van der Waals surface area contributed by atoms with Crippen molar-refractivity contribution in [1.82, 2.24) is 14.7 Å². The van der Waals surface area contributed by atoms with Crippen molar-refractivity contribution in [3.8, 4) is 0 Å². The first-order valence-electron chi connectivity index (χ1n) is 7.81. The van der Waals surface area contributed by atoms with Crippen molar-refractivity contribution < 1.29 is 18.7 Å². The van der Waals surface area contributed by atoms with Crippen LogP contribution in [0.3, 0.4) is 0 Å². The van der Waals surface area contributed by atoms with Crippen LogP contribution in [0.2, 0.25) is 0 Å². The number of halogens is 1. The summed E-state index contributed by atoms with van der Waals surface area (Å²) in [5, 5.41) is 6.95. The molecule has 2 unspecified atom stereocenters. The summed E-state index contributed by atoms with van der Waals surface area (Å²) in [6.45, 7) is 1.64. The summed E-state index contributed by atoms with van der Waals surface area (Å²) in [7, 11) is 3.32. The molecule has 1 fully saturated rings. The first kappa shape index (κ1) is 17.1. The summed E-state index contributed by atoms with van der Waals surface area (Å²) in [5.41, 5.74) is 1.39. The second-order valence-electron chi connectivity index (χ2n) is 6.02. The molecule has 25 heavy (non-hydrogen) atoms. The minimum absolute atomic E-state index is 0.184. The number of nitrogens with one attached hydrogen (secondary N) is 1. The minimum atomic E-state index is -0.914. The van der Waals surface area contributed by atoms with E-state index < -0.39 is 18.1 Å². The van der Waals surface area contributed by atoms with Gasteiger partial charge in [0, 0.05) is 20.2 Å². The van der Waals surface area contributed by atoms with E-state index in [2.05, 4.69) is 10.4 Å². The monoisotopic (exact) mass is 346 g/mol. The quantitative estimate of drug-likeness (QED) is 0.912. The largest absolute Gasteiger partial charge is 0.356 e. The lowest BCUT2D eigenvalue weighted by Crippen LogP contribution is -2.51. The van der Waals surface area contributed by atoms with Gasteiger partial charge in [-0.1, -0.05) is 12.1 Å². The molecule has 0 saturated carbocycles. The third kappa shape index (κ3) is 3.39. The third-order valence-corrected chi connectivity index (χ3v) is 4.21. The van der Waals surface area contributed by atoms with Crippen LogP contribution in [-0.4, -0.2) is 46.3 Å². The second kappa shape index (κ2) is 6.64. The van der Waals surface area contributed by atoms with Gasteiger partial charge in [-0.15, -0.1) is 0 Å². The van der Waals surface area contributed by atoms with Gasteiger partial charge in [-0.25, -0.2) is 4.39 Å². The van der Waals surface area contributed by atoms with Gasteiger partial charge in [0.1, 0.15) is 18.2 Å². The zero-order valence-electron chi connectivity index (χ0n) is 14.2. The predicted molar refractivity (Wildman–Crippen MR) is 88.2 cm³/mol. The summed E-state index contributed by atoms with van der Waals surface area (Å²) in [4.78, 5) is 26.2. The fourth-order valence-electron chi connectivity index (χ4n) is 2.91. The summed E-state index contributed by atoms with van der Waals surface area (Å²) in [6.07, 6.45) is -0.914. The number of carbonyl (C=O) groups excluding carboxylic acids is 2. The number of rotatable bonds is 3. The Hall–Kier alpha value is -2.74. The van der Waals surface area contributed by atoms with Crippen LogP contribution < -0.4 is 5.32 Å². The maximum atomic E-state index is 13.2. The molecule has 8 heteroatoms. The fraction of sp³-hybridized carbons (Fsp3) is 0.353. The number of nitrogens with zero attached hydrogens (tertiary/aromatic N) is 3. The lowest BCUT2D eigenvalue weighted by Gasteiger charge is -2.38. The molecule has 1 aliphatic heterocycles. The first-order valence-corrected chi connectivity index (χ1v) is 7.81. The van der Waals surface area contributed by atoms with Crippen LogP contribution in [-0.2, 0) is 21.4 Å². The highest BCUT2D eigenvalue weighted by molar-refractivity contribution is 5.95. The number of ether oxygens (including phenoxy) is 1. The van der Waals surface area contributed by atoms with Gasteiger partial charge >= 0.3 is 0 Å². The van der Waals surface area contributed by atoms with Crippen molar-refractivity contribution in [3.63, 3.8) is 0 Å². The molecular weight excluding hydrogens is 327 g/mol. The van der Waals surface area contributed by atoms with Gasteiger partial charge in [-0.05, 0) is 24.6 Å². The Morgan fingerprint density at radius 2 is 2.00 bits per heavy atom. The zero-order chi connectivity index (χ0) is 18.1. The highest BCUT2D eigenvalue weighted by Crippen LogP contribution is 2.30. The van der Waals surface area contributed by atoms with Crippen molar-refractivity contribution in [1.29, 1.82) is 0 Å². The Morgan fingerprint density at radius 3 is 2.60 bits per heavy atom. The average Bonchev–Trinajstić information content (AvgIpc) is 2.88. The Labute approximate surface area is 144 Å². The molecular formula is C17H19FN4O3. The van der Waals surface area contributed by atoms with Gasteiger partial charge in [0.05, 0.1) is 11.7 Å². The lowest BCUT2D eigenvalue weighted by atomic mass is 9.97. The highest BCUT2D eigenvalue weighted by Gasteiger charge is 2.40. The molecule has 1 aromatic heterocycles. The van der Waals surface area contributed by atoms with E-state index in [-0.39, 0.29) is 18.3 Å². The molecule has 0 radical (unpaired) electrons. The molecule has 0 spiro atoms. The Bertz CT molecular complexity index is 803. The van der Waals surface area contributed by atoms with Crippen molar-refractivity contribution in [3.05, 3.63) is 47.4 Å². The van der Waals surface area contributed by atoms with E-state index >= 15 is 0 Å². The van der Waals surface area contributed by atoms with E-state index in [1.54, 1.807) is 37.0 Å². The Kier molecular flexibility index (Phi) is 4.54. The number of hydrogen-bond donors (Lipinski definition) is 1. The summed E-state index contributed by atoms with van der Waals surface area (Å²) in [6, 6.07) is 6.78. The third-order valence-electron chi connectivity index (χ3n) is 4.21. The number of hydrogen-bond acceptors (Lipinski definition) is 4. The molecule has 1 N–H and O–H groups in total. The Morgan fingerprint density at radius 1 is 1.32 bits per heavy atom. The molecule has 2 heterocycles. The molecule has 2 amide bonds. The van der Waals surface area contributed by atoms with Crippen LogP contribution >= 0.6 is 0 Å². The number of aromatic nitrogens is 2. The number of morpholine rings is 1. The van der Waals surface area contributed by atoms with Gasteiger partial charge in [0.25, 0.3) is 5.91 Å². The normalized spacial score (nSPS) is 20.6. The van der Waals surface area contributed by atoms with Gasteiger partial charge in [-0.3, -0.25) is 14.3 Å². The molecule has 132 valence electrons. The van der Waals surface area contributed by atoms with Crippen molar-refractivity contribution >= 4 is 17.6 Å². The number of likely N-dealkylation sites (N-methyl/N-ethyl adjacent to an activating group) is 1. The van der Waals surface area contributed by atoms with E-state index in [1.165, 1.54) is 17.0 Å². The standard InChI is InChI=1S/C17H19FN4O3/c1-10-8-13(22(3)20-10)19-17(24)16-15(21(2)14(23)9-25-16)11-4-6-12(18)7-5-11/h4-8,15-16H,9H2,1-3H3,(H,19,24). The van der Waals surface area contributed by atoms with Gasteiger partial charge in [0.2, 0.25) is 5.91 Å². The van der Waals surface area contributed by atoms with Gasteiger partial charge in [0.15, 0.2) is 6.10 Å². The van der Waals surface area contributed by atoms with E-state index in [1.807, 2.05) is 6.92 Å². The maximum absolute atomic E-state index is 13.2. The molecule has 0 bridgehead atoms. The van der Waals surface area contributed by atoms with Crippen LogP contribution in [0.5, 0.6) is 0 Å². The minimum Gasteiger partial charge on any atom is -0.356 e. The van der Waals surface area contributed by atoms with Crippen molar-refractivity contribution in [2.24, 2.45) is 7.05 Å². The molecule has 0 aliphatic carbocycles. The van der Waals surface area contributed by atoms with Gasteiger partial charge < -0.3 is 15.0 Å². The molecule has 1 aromatic carbocycles. The lowest BCUT2D eigenvalue weighted by molar-refractivity contribution is -0.160. The molecule has 1 aliphatic rings. The predicted octanol–water partition coefficient (Wildman–Crippen LogP) is 1.40. The SMILES string of the molecule is Cc1cc(NC(=O)C2OCC(=O)N(C)C2c2ccc(F)cc2)n(C)n1. The summed E-state index contributed by atoms with van der Waals surface area (Å²) < 4.78 is 20.3. The number of benzene rings is 1. The molecule has 1 saturated heterocycles. The number of carbonyl (C=O) groups is 2. The molecule has 7 nitrogen and oxygen atoms in total. The van der Waals surface area contributed by atoms with Crippen molar-refractivity contribution in [2.45, 2.75) is 19.1 Å². The molecule has 2 atom stereocenters. The van der Waals surface area contributed by atoms with Crippen molar-refractivity contribution in [2.75, 3.05) is 19.0 Å². The Balaban J connectivity index is 1.88. The first-order chi connectivity index (χ1) is 11.9. The fourth-order valence-corrected chi connectivity index (χ4v) is 2.91. The number of anilines is 1. The van der Waals surface area contributed by atoms with E-state index in [0.29, 0.717) is 11.4 Å². The average molecular weight is 346 g/mol. The number of amides is 2. The maximum Gasteiger partial charge on any atom is 0.257 e. The topological polar surface area (TPSA) is 76.5 Å². The summed E-state index contributed by atoms with van der Waals surface area (Å²) >= 11 is 0. The molecule has 3 rings (SSSR count). The van der Waals surface area contributed by atoms with Gasteiger partial charge in [-0.2, -0.15) is 5.10 Å². The number of aryl methyl sites for hydroxylation is 2. The second-order valence-corrected chi connectivity index (χ2v) is 6.02. The van der Waals surface area contributed by atoms with Crippen LogP contribution in [0.1, 0.15) is 17.3 Å². The van der Waals surface area contributed by atoms with E-state index in [9.17, 15) is 14.0 Å².